The van der Waals surface area contributed by atoms with Gasteiger partial charge in [-0.2, -0.15) is 0 Å². The summed E-state index contributed by atoms with van der Waals surface area (Å²) in [5.74, 6) is 1.78. The highest BCUT2D eigenvalue weighted by Crippen LogP contribution is 2.46. The third-order valence-corrected chi connectivity index (χ3v) is 4.50. The van der Waals surface area contributed by atoms with Crippen LogP contribution in [-0.2, 0) is 4.57 Å². The van der Waals surface area contributed by atoms with Crippen molar-refractivity contribution < 1.29 is 18.6 Å². The molecule has 1 atom stereocenters. The number of hydrogen-bond acceptors (Lipinski definition) is 4. The molecule has 0 radical (unpaired) electrons. The first kappa shape index (κ1) is 18.2. The molecule has 0 unspecified atom stereocenters. The van der Waals surface area contributed by atoms with E-state index in [0.29, 0.717) is 23.8 Å². The minimum Gasteiger partial charge on any atom is -0.494 e. The van der Waals surface area contributed by atoms with Gasteiger partial charge in [0.25, 0.3) is 0 Å². The average Bonchev–Trinajstić information content (AvgIpc) is 2.56. The van der Waals surface area contributed by atoms with Crippen molar-refractivity contribution >= 4 is 13.2 Å². The summed E-state index contributed by atoms with van der Waals surface area (Å²) >= 11 is 0. The summed E-state index contributed by atoms with van der Waals surface area (Å²) < 4.78 is 29.1. The minimum absolute atomic E-state index is 0.442. The second kappa shape index (κ2) is 8.65. The first-order valence-electron chi connectivity index (χ1n) is 7.95. The zero-order chi connectivity index (χ0) is 17.4. The molecule has 0 amide bonds. The number of nitrogens with one attached hydrogen (secondary N) is 1. The second-order valence-corrected chi connectivity index (χ2v) is 7.52. The smallest absolute Gasteiger partial charge is 0.338 e. The first-order valence-corrected chi connectivity index (χ1v) is 10.0. The maximum absolute atomic E-state index is 12.7. The monoisotopic (exact) mass is 349 g/mol. The molecule has 0 aliphatic carbocycles. The van der Waals surface area contributed by atoms with E-state index < -0.39 is 7.52 Å². The Balaban J connectivity index is 1.99. The number of hydrogen-bond donors (Lipinski definition) is 1. The van der Waals surface area contributed by atoms with Gasteiger partial charge in [-0.05, 0) is 42.8 Å². The molecule has 1 N–H and O–H groups in total. The van der Waals surface area contributed by atoms with Crippen LogP contribution in [0.2, 0.25) is 0 Å². The first-order chi connectivity index (χ1) is 11.5. The number of ether oxygens (including phenoxy) is 2. The van der Waals surface area contributed by atoms with Crippen molar-refractivity contribution in [1.82, 2.24) is 0 Å². The molecular formula is C18H24NO4P. The van der Waals surface area contributed by atoms with Crippen LogP contribution in [0.3, 0.4) is 0 Å². The van der Waals surface area contributed by atoms with E-state index in [9.17, 15) is 4.57 Å². The van der Waals surface area contributed by atoms with Crippen LogP contribution < -0.4 is 19.1 Å². The number of methoxy groups -OCH3 is 1. The van der Waals surface area contributed by atoms with Gasteiger partial charge in [-0.15, -0.1) is 0 Å². The van der Waals surface area contributed by atoms with E-state index in [1.165, 1.54) is 6.66 Å². The molecule has 0 heterocycles. The molecule has 2 rings (SSSR count). The van der Waals surface area contributed by atoms with Gasteiger partial charge in [-0.25, -0.2) is 0 Å². The van der Waals surface area contributed by atoms with Crippen molar-refractivity contribution in [2.75, 3.05) is 25.5 Å². The molecule has 0 spiro atoms. The van der Waals surface area contributed by atoms with Crippen molar-refractivity contribution in [3.05, 3.63) is 48.5 Å². The summed E-state index contributed by atoms with van der Waals surface area (Å²) in [6.07, 6.45) is 2.12. The summed E-state index contributed by atoms with van der Waals surface area (Å²) in [5, 5.41) is 2.93. The standard InChI is InChI=1S/C18H24NO4P/c1-4-5-14-22-16-12-10-15(11-13-16)19-24(3,20)23-18-9-7-6-8-17(18)21-2/h6-13H,4-5,14H2,1-3H3,(H,19,20)/t24-/m1/s1. The fourth-order valence-electron chi connectivity index (χ4n) is 2.10. The predicted molar refractivity (Wildman–Crippen MR) is 97.6 cm³/mol. The van der Waals surface area contributed by atoms with Crippen LogP contribution in [-0.4, -0.2) is 20.4 Å². The Bertz CT molecular complexity index is 688. The molecule has 130 valence electrons. The Labute approximate surface area is 143 Å². The molecule has 24 heavy (non-hydrogen) atoms. The lowest BCUT2D eigenvalue weighted by atomic mass is 10.3. The number of unbranched alkanes of at least 4 members (excludes halogenated alkanes) is 1. The molecule has 0 aliphatic heterocycles. The number of rotatable bonds is 9. The lowest BCUT2D eigenvalue weighted by Crippen LogP contribution is -2.03. The van der Waals surface area contributed by atoms with Gasteiger partial charge in [-0.1, -0.05) is 25.5 Å². The van der Waals surface area contributed by atoms with E-state index in [-0.39, 0.29) is 0 Å². The number of benzene rings is 2. The van der Waals surface area contributed by atoms with E-state index in [4.69, 9.17) is 14.0 Å². The topological polar surface area (TPSA) is 56.8 Å². The highest BCUT2D eigenvalue weighted by Gasteiger charge is 2.19. The average molecular weight is 349 g/mol. The van der Waals surface area contributed by atoms with Crippen LogP contribution in [0.5, 0.6) is 17.2 Å². The van der Waals surface area contributed by atoms with Gasteiger partial charge in [0.2, 0.25) is 0 Å². The molecular weight excluding hydrogens is 325 g/mol. The molecule has 0 saturated carbocycles. The SMILES string of the molecule is CCCCOc1ccc(N[P@](C)(=O)Oc2ccccc2OC)cc1. The van der Waals surface area contributed by atoms with Gasteiger partial charge in [0.05, 0.1) is 13.7 Å². The highest BCUT2D eigenvalue weighted by molar-refractivity contribution is 7.60. The van der Waals surface area contributed by atoms with Crippen molar-refractivity contribution in [2.45, 2.75) is 19.8 Å². The highest BCUT2D eigenvalue weighted by atomic mass is 31.2. The lowest BCUT2D eigenvalue weighted by Gasteiger charge is -2.19. The molecule has 0 saturated heterocycles. The van der Waals surface area contributed by atoms with Gasteiger partial charge in [-0.3, -0.25) is 4.57 Å². The van der Waals surface area contributed by atoms with Gasteiger partial charge in [0.1, 0.15) is 5.75 Å². The molecule has 5 nitrogen and oxygen atoms in total. The zero-order valence-electron chi connectivity index (χ0n) is 14.3. The lowest BCUT2D eigenvalue weighted by molar-refractivity contribution is 0.309. The van der Waals surface area contributed by atoms with E-state index in [0.717, 1.165) is 18.6 Å². The normalized spacial score (nSPS) is 13.0. The molecule has 0 bridgehead atoms. The Morgan fingerprint density at radius 3 is 2.33 bits per heavy atom. The largest absolute Gasteiger partial charge is 0.494 e. The fourth-order valence-corrected chi connectivity index (χ4v) is 3.29. The Hall–Kier alpha value is -2.13. The van der Waals surface area contributed by atoms with E-state index in [1.807, 2.05) is 30.3 Å². The summed E-state index contributed by atoms with van der Waals surface area (Å²) in [7, 11) is -1.54. The summed E-state index contributed by atoms with van der Waals surface area (Å²) in [4.78, 5) is 0. The van der Waals surface area contributed by atoms with Crippen molar-refractivity contribution in [1.29, 1.82) is 0 Å². The van der Waals surface area contributed by atoms with Gasteiger partial charge >= 0.3 is 7.52 Å². The van der Waals surface area contributed by atoms with Crippen LogP contribution in [0.25, 0.3) is 0 Å². The zero-order valence-corrected chi connectivity index (χ0v) is 15.2. The maximum atomic E-state index is 12.7. The van der Waals surface area contributed by atoms with Crippen molar-refractivity contribution in [3.63, 3.8) is 0 Å². The van der Waals surface area contributed by atoms with Gasteiger partial charge in [0, 0.05) is 12.4 Å². The third-order valence-electron chi connectivity index (χ3n) is 3.29. The Kier molecular flexibility index (Phi) is 6.56. The van der Waals surface area contributed by atoms with Crippen molar-refractivity contribution in [3.8, 4) is 17.2 Å². The molecule has 2 aromatic carbocycles. The summed E-state index contributed by atoms with van der Waals surface area (Å²) in [6.45, 7) is 4.36. The molecule has 0 aliphatic rings. The maximum Gasteiger partial charge on any atom is 0.338 e. The van der Waals surface area contributed by atoms with E-state index in [1.54, 1.807) is 25.3 Å². The fraction of sp³-hybridized carbons (Fsp3) is 0.333. The minimum atomic E-state index is -3.09. The summed E-state index contributed by atoms with van der Waals surface area (Å²) in [6, 6.07) is 14.5. The van der Waals surface area contributed by atoms with Gasteiger partial charge < -0.3 is 19.1 Å². The van der Waals surface area contributed by atoms with Crippen LogP contribution in [0.15, 0.2) is 48.5 Å². The molecule has 0 aromatic heterocycles. The van der Waals surface area contributed by atoms with Crippen molar-refractivity contribution in [2.24, 2.45) is 0 Å². The third kappa shape index (κ3) is 5.50. The number of para-hydroxylation sites is 2. The quantitative estimate of drug-likeness (QED) is 0.499. The van der Waals surface area contributed by atoms with Crippen LogP contribution in [0.4, 0.5) is 5.69 Å². The molecule has 2 aromatic rings. The Morgan fingerprint density at radius 2 is 1.71 bits per heavy atom. The Morgan fingerprint density at radius 1 is 1.04 bits per heavy atom. The van der Waals surface area contributed by atoms with E-state index >= 15 is 0 Å². The number of anilines is 1. The van der Waals surface area contributed by atoms with Crippen LogP contribution >= 0.6 is 7.52 Å². The molecule has 6 heteroatoms. The predicted octanol–water partition coefficient (Wildman–Crippen LogP) is 5.19. The van der Waals surface area contributed by atoms with Crippen LogP contribution in [0, 0.1) is 0 Å². The summed E-state index contributed by atoms with van der Waals surface area (Å²) in [5.41, 5.74) is 0.707. The van der Waals surface area contributed by atoms with Crippen LogP contribution in [0.1, 0.15) is 19.8 Å². The second-order valence-electron chi connectivity index (χ2n) is 5.43. The van der Waals surface area contributed by atoms with Gasteiger partial charge in [0.15, 0.2) is 11.5 Å². The van der Waals surface area contributed by atoms with E-state index in [2.05, 4.69) is 12.0 Å². The molecule has 0 fully saturated rings.